The summed E-state index contributed by atoms with van der Waals surface area (Å²) in [4.78, 5) is 14.2. The second-order valence-corrected chi connectivity index (χ2v) is 5.09. The highest BCUT2D eigenvalue weighted by Crippen LogP contribution is 2.17. The van der Waals surface area contributed by atoms with Gasteiger partial charge in [-0.3, -0.25) is 4.79 Å². The van der Waals surface area contributed by atoms with E-state index in [1.807, 2.05) is 32.2 Å². The number of rotatable bonds is 2. The highest BCUT2D eigenvalue weighted by atomic mass is 16.2. The normalized spacial score (nSPS) is 20.2. The van der Waals surface area contributed by atoms with Crippen molar-refractivity contribution in [2.24, 2.45) is 0 Å². The van der Waals surface area contributed by atoms with E-state index in [2.05, 4.69) is 11.4 Å². The Morgan fingerprint density at radius 1 is 1.33 bits per heavy atom. The summed E-state index contributed by atoms with van der Waals surface area (Å²) >= 11 is 0. The van der Waals surface area contributed by atoms with Gasteiger partial charge in [-0.1, -0.05) is 25.0 Å². The molecule has 0 radical (unpaired) electrons. The first-order valence-electron chi connectivity index (χ1n) is 6.76. The molecule has 1 aliphatic rings. The van der Waals surface area contributed by atoms with E-state index in [1.165, 1.54) is 18.4 Å². The zero-order valence-electron chi connectivity index (χ0n) is 11.3. The lowest BCUT2D eigenvalue weighted by molar-refractivity contribution is -0.120. The molecule has 0 spiro atoms. The molecule has 0 bridgehead atoms. The maximum Gasteiger partial charge on any atom is 0.243 e. The average molecular weight is 246 g/mol. The summed E-state index contributed by atoms with van der Waals surface area (Å²) in [6, 6.07) is 8.06. The number of amides is 1. The summed E-state index contributed by atoms with van der Waals surface area (Å²) in [6.07, 6.45) is 4.50. The largest absolute Gasteiger partial charge is 0.314 e. The third kappa shape index (κ3) is 3.10. The summed E-state index contributed by atoms with van der Waals surface area (Å²) in [5.74, 6) is 0.183. The van der Waals surface area contributed by atoms with E-state index in [0.717, 1.165) is 25.1 Å². The minimum Gasteiger partial charge on any atom is -0.314 e. The molecule has 0 aromatic heterocycles. The van der Waals surface area contributed by atoms with Gasteiger partial charge in [0.25, 0.3) is 0 Å². The number of aryl methyl sites for hydroxylation is 1. The third-order valence-electron chi connectivity index (χ3n) is 3.58. The summed E-state index contributed by atoms with van der Waals surface area (Å²) in [6.45, 7) is 3.00. The molecule has 3 nitrogen and oxygen atoms in total. The summed E-state index contributed by atoms with van der Waals surface area (Å²) in [7, 11) is 1.86. The minimum absolute atomic E-state index is 0.0157. The molecule has 1 saturated heterocycles. The Morgan fingerprint density at radius 2 is 2.17 bits per heavy atom. The van der Waals surface area contributed by atoms with Crippen molar-refractivity contribution in [2.75, 3.05) is 18.5 Å². The van der Waals surface area contributed by atoms with Crippen LogP contribution >= 0.6 is 0 Å². The first kappa shape index (κ1) is 13.1. The van der Waals surface area contributed by atoms with E-state index in [4.69, 9.17) is 0 Å². The lowest BCUT2D eigenvalue weighted by Gasteiger charge is -2.23. The van der Waals surface area contributed by atoms with Gasteiger partial charge < -0.3 is 10.2 Å². The molecule has 1 atom stereocenters. The Balaban J connectivity index is 2.07. The number of benzene rings is 1. The summed E-state index contributed by atoms with van der Waals surface area (Å²) in [5.41, 5.74) is 2.16. The van der Waals surface area contributed by atoms with Crippen LogP contribution in [0.25, 0.3) is 0 Å². The van der Waals surface area contributed by atoms with Crippen LogP contribution in [0.3, 0.4) is 0 Å². The Kier molecular flexibility index (Phi) is 4.37. The number of nitrogens with zero attached hydrogens (tertiary/aromatic N) is 1. The van der Waals surface area contributed by atoms with E-state index < -0.39 is 0 Å². The van der Waals surface area contributed by atoms with E-state index >= 15 is 0 Å². The molecule has 0 aliphatic carbocycles. The van der Waals surface area contributed by atoms with Crippen molar-refractivity contribution in [3.8, 4) is 0 Å². The fraction of sp³-hybridized carbons (Fsp3) is 0.533. The molecule has 98 valence electrons. The molecule has 3 heteroatoms. The molecule has 1 fully saturated rings. The van der Waals surface area contributed by atoms with Crippen LogP contribution in [0, 0.1) is 6.92 Å². The summed E-state index contributed by atoms with van der Waals surface area (Å²) in [5, 5.41) is 3.36. The molecule has 1 aromatic carbocycles. The van der Waals surface area contributed by atoms with Crippen molar-refractivity contribution < 1.29 is 4.79 Å². The lowest BCUT2D eigenvalue weighted by Crippen LogP contribution is -2.44. The van der Waals surface area contributed by atoms with Gasteiger partial charge in [-0.2, -0.15) is 0 Å². The Labute approximate surface area is 109 Å². The van der Waals surface area contributed by atoms with Crippen LogP contribution in [-0.2, 0) is 4.79 Å². The average Bonchev–Trinajstić information content (AvgIpc) is 2.66. The van der Waals surface area contributed by atoms with Crippen molar-refractivity contribution in [2.45, 2.75) is 38.6 Å². The van der Waals surface area contributed by atoms with Crippen molar-refractivity contribution in [3.05, 3.63) is 29.8 Å². The van der Waals surface area contributed by atoms with Gasteiger partial charge in [0.15, 0.2) is 0 Å². The Bertz CT molecular complexity index is 409. The molecule has 2 rings (SSSR count). The molecular weight excluding hydrogens is 224 g/mol. The van der Waals surface area contributed by atoms with Gasteiger partial charge in [0.05, 0.1) is 6.04 Å². The van der Waals surface area contributed by atoms with E-state index in [-0.39, 0.29) is 11.9 Å². The van der Waals surface area contributed by atoms with Crippen molar-refractivity contribution in [1.82, 2.24) is 5.32 Å². The SMILES string of the molecule is Cc1cccc(N(C)C(=O)C2CCCCCN2)c1. The second kappa shape index (κ2) is 6.01. The number of anilines is 1. The zero-order valence-corrected chi connectivity index (χ0v) is 11.3. The van der Waals surface area contributed by atoms with Gasteiger partial charge in [-0.05, 0) is 44.0 Å². The monoisotopic (exact) mass is 246 g/mol. The molecule has 1 unspecified atom stereocenters. The quantitative estimate of drug-likeness (QED) is 0.869. The molecule has 0 saturated carbocycles. The fourth-order valence-corrected chi connectivity index (χ4v) is 2.44. The molecule has 18 heavy (non-hydrogen) atoms. The zero-order chi connectivity index (χ0) is 13.0. The summed E-state index contributed by atoms with van der Waals surface area (Å²) < 4.78 is 0. The van der Waals surface area contributed by atoms with Crippen molar-refractivity contribution >= 4 is 11.6 Å². The van der Waals surface area contributed by atoms with Gasteiger partial charge in [-0.15, -0.1) is 0 Å². The predicted octanol–water partition coefficient (Wildman–Crippen LogP) is 2.49. The number of hydrogen-bond acceptors (Lipinski definition) is 2. The van der Waals surface area contributed by atoms with Crippen LogP contribution < -0.4 is 10.2 Å². The fourth-order valence-electron chi connectivity index (χ4n) is 2.44. The Hall–Kier alpha value is -1.35. The lowest BCUT2D eigenvalue weighted by atomic mass is 10.1. The second-order valence-electron chi connectivity index (χ2n) is 5.09. The topological polar surface area (TPSA) is 32.3 Å². The third-order valence-corrected chi connectivity index (χ3v) is 3.58. The van der Waals surface area contributed by atoms with Gasteiger partial charge >= 0.3 is 0 Å². The molecule has 1 amide bonds. The maximum atomic E-state index is 12.4. The first-order chi connectivity index (χ1) is 8.68. The number of hydrogen-bond donors (Lipinski definition) is 1. The van der Waals surface area contributed by atoms with Crippen molar-refractivity contribution in [1.29, 1.82) is 0 Å². The van der Waals surface area contributed by atoms with Gasteiger partial charge in [0.1, 0.15) is 0 Å². The van der Waals surface area contributed by atoms with Crippen LogP contribution in [0.5, 0.6) is 0 Å². The van der Waals surface area contributed by atoms with Crippen LogP contribution in [0.4, 0.5) is 5.69 Å². The van der Waals surface area contributed by atoms with Gasteiger partial charge in [0, 0.05) is 12.7 Å². The van der Waals surface area contributed by atoms with Crippen LogP contribution in [0.15, 0.2) is 24.3 Å². The first-order valence-corrected chi connectivity index (χ1v) is 6.76. The molecule has 1 aliphatic heterocycles. The molecule has 1 heterocycles. The molecule has 1 N–H and O–H groups in total. The van der Waals surface area contributed by atoms with Crippen LogP contribution in [0.2, 0.25) is 0 Å². The number of carbonyl (C=O) groups is 1. The number of carbonyl (C=O) groups excluding carboxylic acids is 1. The van der Waals surface area contributed by atoms with Crippen molar-refractivity contribution in [3.63, 3.8) is 0 Å². The molecular formula is C15H22N2O. The van der Waals surface area contributed by atoms with E-state index in [9.17, 15) is 4.79 Å². The number of likely N-dealkylation sites (N-methyl/N-ethyl adjacent to an activating group) is 1. The van der Waals surface area contributed by atoms with Gasteiger partial charge in [-0.25, -0.2) is 0 Å². The minimum atomic E-state index is -0.0157. The van der Waals surface area contributed by atoms with Crippen LogP contribution in [0.1, 0.15) is 31.2 Å². The highest BCUT2D eigenvalue weighted by molar-refractivity contribution is 5.96. The highest BCUT2D eigenvalue weighted by Gasteiger charge is 2.23. The van der Waals surface area contributed by atoms with Gasteiger partial charge in [0.2, 0.25) is 5.91 Å². The molecule has 1 aromatic rings. The number of nitrogens with one attached hydrogen (secondary N) is 1. The standard InChI is InChI=1S/C15H22N2O/c1-12-7-6-8-13(11-12)17(2)15(18)14-9-4-3-5-10-16-14/h6-8,11,14,16H,3-5,9-10H2,1-2H3. The smallest absolute Gasteiger partial charge is 0.243 e. The predicted molar refractivity (Wildman–Crippen MR) is 74.8 cm³/mol. The van der Waals surface area contributed by atoms with E-state index in [0.29, 0.717) is 0 Å². The Morgan fingerprint density at radius 3 is 2.94 bits per heavy atom. The van der Waals surface area contributed by atoms with Crippen LogP contribution in [-0.4, -0.2) is 25.5 Å². The maximum absolute atomic E-state index is 12.4. The van der Waals surface area contributed by atoms with E-state index in [1.54, 1.807) is 4.90 Å².